The van der Waals surface area contributed by atoms with E-state index in [1.807, 2.05) is 0 Å². The molecule has 17 heavy (non-hydrogen) atoms. The van der Waals surface area contributed by atoms with Crippen LogP contribution in [0.25, 0.3) is 0 Å². The van der Waals surface area contributed by atoms with E-state index in [4.69, 9.17) is 17.3 Å². The van der Waals surface area contributed by atoms with Crippen molar-refractivity contribution in [1.82, 2.24) is 4.98 Å². The summed E-state index contributed by atoms with van der Waals surface area (Å²) >= 11 is 5.80. The molecule has 0 saturated carbocycles. The van der Waals surface area contributed by atoms with Crippen LogP contribution in [0.5, 0.6) is 0 Å². The number of benzene rings is 1. The number of nitrogens with two attached hydrogens (primary N) is 1. The van der Waals surface area contributed by atoms with Crippen molar-refractivity contribution in [2.24, 2.45) is 0 Å². The lowest BCUT2D eigenvalue weighted by atomic mass is 10.2. The number of pyridine rings is 1. The van der Waals surface area contributed by atoms with Gasteiger partial charge < -0.3 is 11.1 Å². The van der Waals surface area contributed by atoms with Gasteiger partial charge in [-0.2, -0.15) is 0 Å². The number of anilines is 2. The van der Waals surface area contributed by atoms with Gasteiger partial charge in [0.1, 0.15) is 0 Å². The summed E-state index contributed by atoms with van der Waals surface area (Å²) in [5.74, 6) is 0.0513. The third-order valence-corrected chi connectivity index (χ3v) is 2.39. The highest BCUT2D eigenvalue weighted by atomic mass is 35.5. The summed E-state index contributed by atoms with van der Waals surface area (Å²) in [4.78, 5) is 15.8. The van der Waals surface area contributed by atoms with Crippen molar-refractivity contribution in [2.75, 3.05) is 11.1 Å². The van der Waals surface area contributed by atoms with Gasteiger partial charge in [-0.25, -0.2) is 4.98 Å². The van der Waals surface area contributed by atoms with E-state index >= 15 is 0 Å². The summed E-state index contributed by atoms with van der Waals surface area (Å²) in [5.41, 5.74) is 6.55. The Hall–Kier alpha value is -2.07. The quantitative estimate of drug-likeness (QED) is 0.857. The van der Waals surface area contributed by atoms with E-state index in [9.17, 15) is 4.79 Å². The van der Waals surface area contributed by atoms with E-state index in [1.165, 1.54) is 0 Å². The Morgan fingerprint density at radius 1 is 1.29 bits per heavy atom. The molecule has 1 aromatic heterocycles. The zero-order valence-corrected chi connectivity index (χ0v) is 9.61. The fraction of sp³-hybridized carbons (Fsp3) is 0. The van der Waals surface area contributed by atoms with Gasteiger partial charge in [-0.05, 0) is 30.3 Å². The molecule has 0 aliphatic heterocycles. The van der Waals surface area contributed by atoms with Crippen LogP contribution in [0.3, 0.4) is 0 Å². The van der Waals surface area contributed by atoms with Crippen molar-refractivity contribution in [3.05, 3.63) is 53.2 Å². The average molecular weight is 248 g/mol. The molecule has 0 aliphatic rings. The fourth-order valence-electron chi connectivity index (χ4n) is 1.33. The summed E-state index contributed by atoms with van der Waals surface area (Å²) in [6.07, 6.45) is 1.56. The molecule has 5 heteroatoms. The molecule has 0 fully saturated rings. The second kappa shape index (κ2) is 4.84. The van der Waals surface area contributed by atoms with Crippen LogP contribution < -0.4 is 11.1 Å². The maximum absolute atomic E-state index is 11.9. The number of rotatable bonds is 2. The van der Waals surface area contributed by atoms with E-state index < -0.39 is 0 Å². The average Bonchev–Trinajstić information content (AvgIpc) is 2.32. The van der Waals surface area contributed by atoms with Gasteiger partial charge in [-0.3, -0.25) is 4.79 Å². The van der Waals surface area contributed by atoms with Crippen molar-refractivity contribution in [3.8, 4) is 0 Å². The molecule has 2 aromatic rings. The summed E-state index contributed by atoms with van der Waals surface area (Å²) in [7, 11) is 0. The highest BCUT2D eigenvalue weighted by Gasteiger charge is 2.08. The third-order valence-electron chi connectivity index (χ3n) is 2.16. The van der Waals surface area contributed by atoms with Crippen molar-refractivity contribution in [3.63, 3.8) is 0 Å². The minimum absolute atomic E-state index is 0.294. The molecule has 1 amide bonds. The molecule has 3 N–H and O–H groups in total. The summed E-state index contributed by atoms with van der Waals surface area (Å²) in [6.45, 7) is 0. The number of carbonyl (C=O) groups excluding carboxylic acids is 1. The van der Waals surface area contributed by atoms with Crippen molar-refractivity contribution in [1.29, 1.82) is 0 Å². The maximum atomic E-state index is 11.9. The Kier molecular flexibility index (Phi) is 3.25. The Morgan fingerprint density at radius 3 is 2.82 bits per heavy atom. The van der Waals surface area contributed by atoms with Gasteiger partial charge in [-0.1, -0.05) is 17.7 Å². The number of halogens is 1. The first-order valence-corrected chi connectivity index (χ1v) is 5.32. The third kappa shape index (κ3) is 2.73. The van der Waals surface area contributed by atoms with Crippen LogP contribution in [0.2, 0.25) is 5.02 Å². The predicted molar refractivity (Wildman–Crippen MR) is 68.1 cm³/mol. The monoisotopic (exact) mass is 247 g/mol. The predicted octanol–water partition coefficient (Wildman–Crippen LogP) is 2.57. The molecule has 0 spiro atoms. The largest absolute Gasteiger partial charge is 0.396 e. The van der Waals surface area contributed by atoms with Crippen LogP contribution in [0.4, 0.5) is 11.5 Å². The zero-order chi connectivity index (χ0) is 12.3. The van der Waals surface area contributed by atoms with Gasteiger partial charge in [0.2, 0.25) is 0 Å². The summed E-state index contributed by atoms with van der Waals surface area (Å²) in [5, 5.41) is 3.13. The molecular weight excluding hydrogens is 238 g/mol. The molecule has 1 heterocycles. The second-order valence-corrected chi connectivity index (χ2v) is 3.84. The highest BCUT2D eigenvalue weighted by molar-refractivity contribution is 6.31. The van der Waals surface area contributed by atoms with Crippen LogP contribution in [0.1, 0.15) is 10.4 Å². The van der Waals surface area contributed by atoms with Crippen molar-refractivity contribution in [2.45, 2.75) is 0 Å². The number of carbonyl (C=O) groups is 1. The lowest BCUT2D eigenvalue weighted by molar-refractivity contribution is 0.102. The second-order valence-electron chi connectivity index (χ2n) is 3.41. The standard InChI is InChI=1S/C12H10ClN3O/c13-9-4-1-3-8(7-9)12(17)16-11-10(14)5-2-6-15-11/h1-7H,14H2,(H,15,16,17). The van der Waals surface area contributed by atoms with Crippen LogP contribution in [-0.4, -0.2) is 10.9 Å². The molecule has 0 unspecified atom stereocenters. The number of amides is 1. The molecule has 0 atom stereocenters. The molecule has 86 valence electrons. The van der Waals surface area contributed by atoms with Crippen molar-refractivity contribution < 1.29 is 4.79 Å². The number of hydrogen-bond acceptors (Lipinski definition) is 3. The van der Waals surface area contributed by atoms with Crippen molar-refractivity contribution >= 4 is 29.0 Å². The van der Waals surface area contributed by atoms with Gasteiger partial charge in [0.15, 0.2) is 5.82 Å². The number of nitrogen functional groups attached to an aromatic ring is 1. The van der Waals surface area contributed by atoms with Gasteiger partial charge in [0.05, 0.1) is 5.69 Å². The van der Waals surface area contributed by atoms with E-state index in [-0.39, 0.29) is 5.91 Å². The molecule has 0 aliphatic carbocycles. The topological polar surface area (TPSA) is 68.0 Å². The lowest BCUT2D eigenvalue weighted by Gasteiger charge is -2.06. The number of aromatic nitrogens is 1. The first-order chi connectivity index (χ1) is 8.16. The van der Waals surface area contributed by atoms with Gasteiger partial charge >= 0.3 is 0 Å². The smallest absolute Gasteiger partial charge is 0.256 e. The van der Waals surface area contributed by atoms with Crippen LogP contribution in [0.15, 0.2) is 42.6 Å². The molecule has 1 aromatic carbocycles. The Balaban J connectivity index is 2.20. The number of nitrogens with zero attached hydrogens (tertiary/aromatic N) is 1. The van der Waals surface area contributed by atoms with Gasteiger partial charge in [0, 0.05) is 16.8 Å². The molecular formula is C12H10ClN3O. The first kappa shape index (κ1) is 11.4. The summed E-state index contributed by atoms with van der Waals surface area (Å²) < 4.78 is 0. The Morgan fingerprint density at radius 2 is 2.12 bits per heavy atom. The zero-order valence-electron chi connectivity index (χ0n) is 8.85. The van der Waals surface area contributed by atoms with Gasteiger partial charge in [0.25, 0.3) is 5.91 Å². The molecule has 2 rings (SSSR count). The van der Waals surface area contributed by atoms with E-state index in [2.05, 4.69) is 10.3 Å². The Labute approximate surface area is 103 Å². The summed E-state index contributed by atoms with van der Waals surface area (Å²) in [6, 6.07) is 10.0. The van der Waals surface area contributed by atoms with Crippen LogP contribution in [-0.2, 0) is 0 Å². The molecule has 0 saturated heterocycles. The lowest BCUT2D eigenvalue weighted by Crippen LogP contribution is -2.14. The highest BCUT2D eigenvalue weighted by Crippen LogP contribution is 2.16. The minimum atomic E-state index is -0.294. The van der Waals surface area contributed by atoms with Crippen LogP contribution in [0, 0.1) is 0 Å². The first-order valence-electron chi connectivity index (χ1n) is 4.94. The molecule has 0 radical (unpaired) electrons. The number of hydrogen-bond donors (Lipinski definition) is 2. The number of nitrogens with one attached hydrogen (secondary N) is 1. The van der Waals surface area contributed by atoms with Gasteiger partial charge in [-0.15, -0.1) is 0 Å². The SMILES string of the molecule is Nc1cccnc1NC(=O)c1cccc(Cl)c1. The van der Waals surface area contributed by atoms with E-state index in [1.54, 1.807) is 42.6 Å². The minimum Gasteiger partial charge on any atom is -0.396 e. The molecule has 0 bridgehead atoms. The fourth-order valence-corrected chi connectivity index (χ4v) is 1.52. The van der Waals surface area contributed by atoms with Crippen LogP contribution >= 0.6 is 11.6 Å². The normalized spacial score (nSPS) is 9.94. The Bertz CT molecular complexity index is 557. The van der Waals surface area contributed by atoms with E-state index in [0.717, 1.165) is 0 Å². The molecule has 4 nitrogen and oxygen atoms in total. The van der Waals surface area contributed by atoms with E-state index in [0.29, 0.717) is 22.1 Å². The maximum Gasteiger partial charge on any atom is 0.256 e.